The summed E-state index contributed by atoms with van der Waals surface area (Å²) in [5, 5.41) is 12.0. The van der Waals surface area contributed by atoms with Crippen molar-refractivity contribution in [3.63, 3.8) is 0 Å². The normalized spacial score (nSPS) is 16.4. The molecule has 1 aromatic heterocycles. The quantitative estimate of drug-likeness (QED) is 0.601. The predicted molar refractivity (Wildman–Crippen MR) is 130 cm³/mol. The number of benzene rings is 1. The third-order valence-corrected chi connectivity index (χ3v) is 6.55. The van der Waals surface area contributed by atoms with Crippen molar-refractivity contribution in [3.8, 4) is 10.4 Å². The first-order valence-electron chi connectivity index (χ1n) is 11.3. The van der Waals surface area contributed by atoms with Gasteiger partial charge in [0.05, 0.1) is 28.7 Å². The lowest BCUT2D eigenvalue weighted by atomic mass is 10.0. The van der Waals surface area contributed by atoms with Crippen molar-refractivity contribution in [2.75, 3.05) is 39.3 Å². The smallest absolute Gasteiger partial charge is 0.408 e. The van der Waals surface area contributed by atoms with Gasteiger partial charge in [-0.05, 0) is 45.2 Å². The van der Waals surface area contributed by atoms with Crippen LogP contribution in [0.25, 0.3) is 10.4 Å². The lowest BCUT2D eigenvalue weighted by Crippen LogP contribution is -2.48. The average Bonchev–Trinajstić information content (AvgIpc) is 3.16. The zero-order chi connectivity index (χ0) is 24.0. The number of piperazine rings is 1. The number of carbonyl (C=O) groups is 2. The van der Waals surface area contributed by atoms with Gasteiger partial charge in [0.2, 0.25) is 0 Å². The Morgan fingerprint density at radius 2 is 1.79 bits per heavy atom. The minimum Gasteiger partial charge on any atom is -0.480 e. The molecule has 1 aliphatic heterocycles. The van der Waals surface area contributed by atoms with Crippen LogP contribution in [-0.4, -0.2) is 76.8 Å². The summed E-state index contributed by atoms with van der Waals surface area (Å²) in [7, 11) is 0. The highest BCUT2D eigenvalue weighted by atomic mass is 32.1. The Hall–Kier alpha value is -2.49. The van der Waals surface area contributed by atoms with Crippen molar-refractivity contribution in [1.29, 1.82) is 0 Å². The number of carboxylic acid groups (broad SMARTS) is 1. The number of nitrogens with one attached hydrogen (secondary N) is 1. The number of ether oxygens (including phenoxy) is 1. The van der Waals surface area contributed by atoms with E-state index in [9.17, 15) is 9.59 Å². The second-order valence-electron chi connectivity index (χ2n) is 9.39. The molecule has 8 nitrogen and oxygen atoms in total. The van der Waals surface area contributed by atoms with Crippen LogP contribution in [0.15, 0.2) is 29.8 Å². The zero-order valence-electron chi connectivity index (χ0n) is 19.8. The number of hydrogen-bond acceptors (Lipinski definition) is 7. The first-order chi connectivity index (χ1) is 15.6. The van der Waals surface area contributed by atoms with Gasteiger partial charge in [0, 0.05) is 32.7 Å². The number of alkyl carbamates (subject to hydrolysis) is 1. The molecule has 1 fully saturated rings. The van der Waals surface area contributed by atoms with Crippen LogP contribution in [0.1, 0.15) is 44.5 Å². The number of nitrogens with zero attached hydrogens (tertiary/aromatic N) is 3. The van der Waals surface area contributed by atoms with E-state index in [1.54, 1.807) is 11.3 Å². The summed E-state index contributed by atoms with van der Waals surface area (Å²) in [6, 6.07) is 8.07. The van der Waals surface area contributed by atoms with E-state index in [-0.39, 0.29) is 12.6 Å². The van der Waals surface area contributed by atoms with Crippen molar-refractivity contribution in [2.24, 2.45) is 0 Å². The molecule has 33 heavy (non-hydrogen) atoms. The molecule has 3 rings (SSSR count). The summed E-state index contributed by atoms with van der Waals surface area (Å²) in [5.41, 5.74) is 4.43. The van der Waals surface area contributed by atoms with Crippen LogP contribution in [0.2, 0.25) is 0 Å². The highest BCUT2D eigenvalue weighted by Crippen LogP contribution is 2.29. The Morgan fingerprint density at radius 1 is 1.15 bits per heavy atom. The van der Waals surface area contributed by atoms with Gasteiger partial charge in [-0.25, -0.2) is 9.78 Å². The fraction of sp³-hybridized carbons (Fsp3) is 0.542. The van der Waals surface area contributed by atoms with Gasteiger partial charge in [0.15, 0.2) is 0 Å². The number of amides is 1. The Kier molecular flexibility index (Phi) is 8.45. The van der Waals surface area contributed by atoms with E-state index in [2.05, 4.69) is 39.5 Å². The van der Waals surface area contributed by atoms with E-state index in [0.717, 1.165) is 60.8 Å². The molecule has 1 aliphatic rings. The number of aliphatic carboxylic acids is 1. The first-order valence-corrected chi connectivity index (χ1v) is 12.1. The third kappa shape index (κ3) is 7.80. The molecule has 1 atom stereocenters. The zero-order valence-corrected chi connectivity index (χ0v) is 20.7. The number of hydrogen-bond donors (Lipinski definition) is 2. The molecule has 180 valence electrons. The molecular formula is C24H34N4O4S. The number of aromatic nitrogens is 1. The highest BCUT2D eigenvalue weighted by molar-refractivity contribution is 7.13. The van der Waals surface area contributed by atoms with Crippen LogP contribution >= 0.6 is 11.3 Å². The van der Waals surface area contributed by atoms with Crippen LogP contribution in [-0.2, 0) is 9.53 Å². The molecule has 2 aromatic rings. The van der Waals surface area contributed by atoms with E-state index < -0.39 is 17.7 Å². The molecule has 2 N–H and O–H groups in total. The van der Waals surface area contributed by atoms with Crippen molar-refractivity contribution < 1.29 is 19.4 Å². The molecule has 9 heteroatoms. The minimum absolute atomic E-state index is 0.0856. The molecule has 1 aromatic carbocycles. The van der Waals surface area contributed by atoms with Crippen molar-refractivity contribution >= 4 is 23.4 Å². The number of carboxylic acids is 1. The Morgan fingerprint density at radius 3 is 2.33 bits per heavy atom. The second-order valence-corrected chi connectivity index (χ2v) is 10.2. The summed E-state index contributed by atoms with van der Waals surface area (Å²) in [6.07, 6.45) is 0.304. The van der Waals surface area contributed by atoms with Crippen molar-refractivity contribution in [3.05, 3.63) is 41.0 Å². The van der Waals surface area contributed by atoms with Crippen LogP contribution in [0, 0.1) is 6.92 Å². The fourth-order valence-electron chi connectivity index (χ4n) is 3.89. The molecule has 0 spiro atoms. The van der Waals surface area contributed by atoms with Gasteiger partial charge in [-0.15, -0.1) is 11.3 Å². The first kappa shape index (κ1) is 25.1. The van der Waals surface area contributed by atoms with Gasteiger partial charge in [0.25, 0.3) is 0 Å². The molecule has 0 unspecified atom stereocenters. The van der Waals surface area contributed by atoms with E-state index >= 15 is 0 Å². The van der Waals surface area contributed by atoms with Crippen molar-refractivity contribution in [1.82, 2.24) is 20.1 Å². The van der Waals surface area contributed by atoms with Crippen LogP contribution in [0.4, 0.5) is 4.79 Å². The van der Waals surface area contributed by atoms with Crippen LogP contribution in [0.3, 0.4) is 0 Å². The Labute approximate surface area is 199 Å². The maximum absolute atomic E-state index is 12.5. The van der Waals surface area contributed by atoms with E-state index in [0.29, 0.717) is 0 Å². The standard InChI is InChI=1S/C24H34N4O4S/c1-17-22(33-16-25-17)19-7-5-18(6-8-19)20(26-23(31)32-24(2,3)4)9-10-27-11-13-28(14-12-27)15-21(29)30/h5-8,16,20H,9-15H2,1-4H3,(H,26,31)(H,29,30)/t20-/m0/s1. The summed E-state index contributed by atoms with van der Waals surface area (Å²) >= 11 is 1.62. The second kappa shape index (κ2) is 11.1. The van der Waals surface area contributed by atoms with Crippen LogP contribution < -0.4 is 5.32 Å². The van der Waals surface area contributed by atoms with Gasteiger partial charge in [-0.3, -0.25) is 9.69 Å². The number of thiazole rings is 1. The number of rotatable bonds is 8. The van der Waals surface area contributed by atoms with Gasteiger partial charge >= 0.3 is 12.1 Å². The molecule has 0 radical (unpaired) electrons. The molecule has 1 amide bonds. The van der Waals surface area contributed by atoms with Gasteiger partial charge in [-0.1, -0.05) is 24.3 Å². The topological polar surface area (TPSA) is 95.0 Å². The SMILES string of the molecule is Cc1ncsc1-c1ccc([C@H](CCN2CCN(CC(=O)O)CC2)NC(=O)OC(C)(C)C)cc1. The monoisotopic (exact) mass is 474 g/mol. The minimum atomic E-state index is -0.790. The molecule has 0 bridgehead atoms. The van der Waals surface area contributed by atoms with Crippen LogP contribution in [0.5, 0.6) is 0 Å². The molecule has 0 saturated carbocycles. The lowest BCUT2D eigenvalue weighted by molar-refractivity contribution is -0.138. The summed E-state index contributed by atoms with van der Waals surface area (Å²) in [6.45, 7) is 11.5. The Balaban J connectivity index is 1.66. The maximum Gasteiger partial charge on any atom is 0.408 e. The van der Waals surface area contributed by atoms with Gasteiger partial charge in [-0.2, -0.15) is 0 Å². The lowest BCUT2D eigenvalue weighted by Gasteiger charge is -2.34. The van der Waals surface area contributed by atoms with Gasteiger partial charge < -0.3 is 20.1 Å². The fourth-order valence-corrected chi connectivity index (χ4v) is 4.70. The van der Waals surface area contributed by atoms with E-state index in [4.69, 9.17) is 9.84 Å². The summed E-state index contributed by atoms with van der Waals surface area (Å²) in [5.74, 6) is -0.790. The van der Waals surface area contributed by atoms with E-state index in [1.807, 2.05) is 38.1 Å². The molecule has 2 heterocycles. The van der Waals surface area contributed by atoms with Crippen molar-refractivity contribution in [2.45, 2.75) is 45.8 Å². The predicted octanol–water partition coefficient (Wildman–Crippen LogP) is 3.78. The van der Waals surface area contributed by atoms with E-state index in [1.165, 1.54) is 0 Å². The average molecular weight is 475 g/mol. The maximum atomic E-state index is 12.5. The molecule has 0 aliphatic carbocycles. The molecule has 1 saturated heterocycles. The largest absolute Gasteiger partial charge is 0.480 e. The number of carbonyl (C=O) groups excluding carboxylic acids is 1. The Bertz CT molecular complexity index is 931. The molecular weight excluding hydrogens is 440 g/mol. The van der Waals surface area contributed by atoms with Gasteiger partial charge in [0.1, 0.15) is 5.60 Å². The summed E-state index contributed by atoms with van der Waals surface area (Å²) in [4.78, 5) is 33.2. The number of aryl methyl sites for hydroxylation is 1. The highest BCUT2D eigenvalue weighted by Gasteiger charge is 2.23. The summed E-state index contributed by atoms with van der Waals surface area (Å²) < 4.78 is 5.50. The third-order valence-electron chi connectivity index (χ3n) is 5.57.